The predicted molar refractivity (Wildman–Crippen MR) is 111 cm³/mol. The number of rotatable bonds is 4. The van der Waals surface area contributed by atoms with Crippen molar-refractivity contribution in [3.63, 3.8) is 0 Å². The lowest BCUT2D eigenvalue weighted by Gasteiger charge is -2.17. The van der Waals surface area contributed by atoms with Gasteiger partial charge in [-0.3, -0.25) is 0 Å². The molecular weight excluding hydrogens is 334 g/mol. The number of amidine groups is 1. The van der Waals surface area contributed by atoms with Crippen LogP contribution < -0.4 is 10.1 Å². The molecule has 1 aliphatic heterocycles. The average molecular weight is 355 g/mol. The van der Waals surface area contributed by atoms with Crippen molar-refractivity contribution in [2.75, 3.05) is 12.4 Å². The number of aliphatic imine (C=N–C) groups is 2. The first-order valence-electron chi connectivity index (χ1n) is 8.90. The first-order valence-corrected chi connectivity index (χ1v) is 8.90. The van der Waals surface area contributed by atoms with Crippen LogP contribution in [0.5, 0.6) is 5.75 Å². The molecule has 0 aliphatic carbocycles. The molecule has 0 fully saturated rings. The first kappa shape index (κ1) is 17.0. The van der Waals surface area contributed by atoms with E-state index in [1.54, 1.807) is 7.11 Å². The summed E-state index contributed by atoms with van der Waals surface area (Å²) in [4.78, 5) is 9.96. The molecule has 1 heterocycles. The van der Waals surface area contributed by atoms with Crippen LogP contribution in [0.15, 0.2) is 94.9 Å². The van der Waals surface area contributed by atoms with Gasteiger partial charge in [0.25, 0.3) is 0 Å². The minimum atomic E-state index is -0.659. The summed E-state index contributed by atoms with van der Waals surface area (Å²) >= 11 is 0. The highest BCUT2D eigenvalue weighted by Crippen LogP contribution is 2.33. The third kappa shape index (κ3) is 3.47. The Hall–Kier alpha value is -3.40. The molecular formula is C23H21N3O. The molecule has 0 spiro atoms. The highest BCUT2D eigenvalue weighted by molar-refractivity contribution is 6.52. The van der Waals surface area contributed by atoms with E-state index in [1.165, 1.54) is 0 Å². The maximum absolute atomic E-state index is 5.33. The number of anilines is 1. The van der Waals surface area contributed by atoms with E-state index >= 15 is 0 Å². The summed E-state index contributed by atoms with van der Waals surface area (Å²) in [6.45, 7) is 2.03. The summed E-state index contributed by atoms with van der Waals surface area (Å²) < 4.78 is 5.33. The smallest absolute Gasteiger partial charge is 0.176 e. The van der Waals surface area contributed by atoms with E-state index in [-0.39, 0.29) is 0 Å². The van der Waals surface area contributed by atoms with Gasteiger partial charge in [0.15, 0.2) is 11.5 Å². The summed E-state index contributed by atoms with van der Waals surface area (Å²) in [5.41, 5.74) is 3.19. The third-order valence-electron chi connectivity index (χ3n) is 4.58. The van der Waals surface area contributed by atoms with Crippen molar-refractivity contribution in [3.05, 3.63) is 96.1 Å². The van der Waals surface area contributed by atoms with Gasteiger partial charge in [-0.2, -0.15) is 0 Å². The molecule has 27 heavy (non-hydrogen) atoms. The van der Waals surface area contributed by atoms with Crippen LogP contribution in [0.2, 0.25) is 0 Å². The van der Waals surface area contributed by atoms with E-state index in [0.717, 1.165) is 34.1 Å². The number of hydrogen-bond acceptors (Lipinski definition) is 4. The molecule has 0 radical (unpaired) electrons. The molecule has 1 atom stereocenters. The summed E-state index contributed by atoms with van der Waals surface area (Å²) in [7, 11) is 1.66. The van der Waals surface area contributed by atoms with Gasteiger partial charge in [-0.05, 0) is 19.1 Å². The van der Waals surface area contributed by atoms with E-state index < -0.39 is 5.66 Å². The second kappa shape index (κ2) is 7.08. The fourth-order valence-corrected chi connectivity index (χ4v) is 3.17. The van der Waals surface area contributed by atoms with Gasteiger partial charge in [0.1, 0.15) is 11.5 Å². The van der Waals surface area contributed by atoms with Gasteiger partial charge in [0.2, 0.25) is 0 Å². The van der Waals surface area contributed by atoms with Crippen molar-refractivity contribution in [3.8, 4) is 5.75 Å². The van der Waals surface area contributed by atoms with Crippen LogP contribution in [0.3, 0.4) is 0 Å². The van der Waals surface area contributed by atoms with Crippen LogP contribution in [0.1, 0.15) is 18.1 Å². The SMILES string of the molecule is COc1cccc(NC2=NC(C)(c3ccccc3)N=C2c2ccccc2)c1. The Labute approximate surface area is 159 Å². The van der Waals surface area contributed by atoms with Gasteiger partial charge in [0.05, 0.1) is 7.11 Å². The molecule has 1 N–H and O–H groups in total. The standard InChI is InChI=1S/C23H21N3O/c1-23(18-12-7-4-8-13-18)25-21(17-10-5-3-6-11-17)22(26-23)24-19-14-9-15-20(16-19)27-2/h3-16H,1-2H3,(H,24,26). The van der Waals surface area contributed by atoms with Crippen LogP contribution in [-0.4, -0.2) is 18.7 Å². The minimum absolute atomic E-state index is 0.659. The van der Waals surface area contributed by atoms with E-state index in [0.29, 0.717) is 0 Å². The number of nitrogens with one attached hydrogen (secondary N) is 1. The Morgan fingerprint density at radius 1 is 0.815 bits per heavy atom. The third-order valence-corrected chi connectivity index (χ3v) is 4.58. The maximum Gasteiger partial charge on any atom is 0.176 e. The molecule has 1 unspecified atom stereocenters. The average Bonchev–Trinajstić information content (AvgIpc) is 3.07. The zero-order valence-corrected chi connectivity index (χ0v) is 15.4. The number of hydrogen-bond donors (Lipinski definition) is 1. The van der Waals surface area contributed by atoms with Gasteiger partial charge in [-0.1, -0.05) is 66.7 Å². The molecule has 0 saturated carbocycles. The second-order valence-electron chi connectivity index (χ2n) is 6.53. The van der Waals surface area contributed by atoms with Gasteiger partial charge in [0, 0.05) is 22.9 Å². The lowest BCUT2D eigenvalue weighted by Crippen LogP contribution is -2.21. The molecule has 3 aromatic rings. The van der Waals surface area contributed by atoms with Crippen LogP contribution in [0.25, 0.3) is 0 Å². The topological polar surface area (TPSA) is 46.0 Å². The summed E-state index contributed by atoms with van der Waals surface area (Å²) in [5, 5.41) is 3.43. The number of methoxy groups -OCH3 is 1. The van der Waals surface area contributed by atoms with Crippen molar-refractivity contribution < 1.29 is 4.74 Å². The van der Waals surface area contributed by atoms with Gasteiger partial charge < -0.3 is 10.1 Å². The zero-order chi connectivity index (χ0) is 18.7. The number of benzene rings is 3. The molecule has 0 saturated heterocycles. The van der Waals surface area contributed by atoms with Crippen LogP contribution in [0.4, 0.5) is 5.69 Å². The van der Waals surface area contributed by atoms with Crippen molar-refractivity contribution in [1.29, 1.82) is 0 Å². The van der Waals surface area contributed by atoms with Crippen LogP contribution in [0, 0.1) is 0 Å². The minimum Gasteiger partial charge on any atom is -0.497 e. The normalized spacial score (nSPS) is 18.6. The molecule has 134 valence electrons. The largest absolute Gasteiger partial charge is 0.497 e. The molecule has 0 amide bonds. The summed E-state index contributed by atoms with van der Waals surface area (Å²) in [6, 6.07) is 28.1. The Balaban J connectivity index is 1.77. The van der Waals surface area contributed by atoms with Gasteiger partial charge >= 0.3 is 0 Å². The first-order chi connectivity index (χ1) is 13.2. The molecule has 3 aromatic carbocycles. The van der Waals surface area contributed by atoms with Crippen LogP contribution >= 0.6 is 0 Å². The quantitative estimate of drug-likeness (QED) is 0.725. The lowest BCUT2D eigenvalue weighted by molar-refractivity contribution is 0.415. The van der Waals surface area contributed by atoms with E-state index in [1.807, 2.05) is 67.6 Å². The molecule has 0 bridgehead atoms. The highest BCUT2D eigenvalue weighted by Gasteiger charge is 2.33. The van der Waals surface area contributed by atoms with E-state index in [2.05, 4.69) is 29.6 Å². The number of nitrogens with zero attached hydrogens (tertiary/aromatic N) is 2. The second-order valence-corrected chi connectivity index (χ2v) is 6.53. The summed E-state index contributed by atoms with van der Waals surface area (Å²) in [6.07, 6.45) is 0. The monoisotopic (exact) mass is 355 g/mol. The Morgan fingerprint density at radius 2 is 1.52 bits per heavy atom. The van der Waals surface area contributed by atoms with Crippen molar-refractivity contribution in [1.82, 2.24) is 0 Å². The zero-order valence-electron chi connectivity index (χ0n) is 15.4. The molecule has 4 nitrogen and oxygen atoms in total. The molecule has 0 aromatic heterocycles. The fourth-order valence-electron chi connectivity index (χ4n) is 3.17. The lowest BCUT2D eigenvalue weighted by atomic mass is 10.0. The van der Waals surface area contributed by atoms with Crippen molar-refractivity contribution in [2.24, 2.45) is 9.98 Å². The van der Waals surface area contributed by atoms with Crippen molar-refractivity contribution >= 4 is 17.2 Å². The molecule has 1 aliphatic rings. The Bertz CT molecular complexity index is 996. The Morgan fingerprint density at radius 3 is 2.22 bits per heavy atom. The van der Waals surface area contributed by atoms with Crippen molar-refractivity contribution in [2.45, 2.75) is 12.6 Å². The Kier molecular flexibility index (Phi) is 4.47. The van der Waals surface area contributed by atoms with Gasteiger partial charge in [-0.25, -0.2) is 9.98 Å². The van der Waals surface area contributed by atoms with Gasteiger partial charge in [-0.15, -0.1) is 0 Å². The highest BCUT2D eigenvalue weighted by atomic mass is 16.5. The van der Waals surface area contributed by atoms with E-state index in [9.17, 15) is 0 Å². The maximum atomic E-state index is 5.33. The predicted octanol–water partition coefficient (Wildman–Crippen LogP) is 4.88. The van der Waals surface area contributed by atoms with E-state index in [4.69, 9.17) is 14.7 Å². The number of ether oxygens (including phenoxy) is 1. The summed E-state index contributed by atoms with van der Waals surface area (Å²) in [5.74, 6) is 1.54. The van der Waals surface area contributed by atoms with Crippen LogP contribution in [-0.2, 0) is 5.66 Å². The fraction of sp³-hybridized carbons (Fsp3) is 0.130. The molecule has 4 heteroatoms. The molecule has 4 rings (SSSR count).